The molecule has 1 amide bonds. The van der Waals surface area contributed by atoms with Crippen molar-refractivity contribution in [2.45, 2.75) is 6.04 Å². The first-order chi connectivity index (χ1) is 15.5. The normalized spacial score (nSPS) is 17.5. The molecule has 0 aliphatic carbocycles. The highest BCUT2D eigenvalue weighted by molar-refractivity contribution is 6.51. The number of carbonyl (C=O) groups is 2. The number of Topliss-reactive ketones (excluding diaryl/α,β-unsaturated/α-hetero) is 1. The van der Waals surface area contributed by atoms with Crippen LogP contribution in [0.4, 0.5) is 10.1 Å². The molecule has 4 rings (SSSR count). The van der Waals surface area contributed by atoms with E-state index in [0.29, 0.717) is 28.3 Å². The molecule has 3 aromatic carbocycles. The summed E-state index contributed by atoms with van der Waals surface area (Å²) in [6.07, 6.45) is 0. The molecule has 0 aromatic heterocycles. The molecule has 0 saturated carbocycles. The zero-order valence-corrected chi connectivity index (χ0v) is 17.4. The number of methoxy groups -OCH3 is 2. The number of rotatable bonds is 5. The average Bonchev–Trinajstić information content (AvgIpc) is 3.09. The van der Waals surface area contributed by atoms with Crippen molar-refractivity contribution in [1.29, 1.82) is 0 Å². The van der Waals surface area contributed by atoms with E-state index < -0.39 is 23.5 Å². The molecule has 32 heavy (non-hydrogen) atoms. The number of ketones is 1. The van der Waals surface area contributed by atoms with E-state index in [4.69, 9.17) is 9.47 Å². The van der Waals surface area contributed by atoms with Gasteiger partial charge < -0.3 is 14.6 Å². The van der Waals surface area contributed by atoms with Crippen molar-refractivity contribution in [3.05, 3.63) is 95.3 Å². The largest absolute Gasteiger partial charge is 0.507 e. The maximum absolute atomic E-state index is 13.6. The summed E-state index contributed by atoms with van der Waals surface area (Å²) in [5, 5.41) is 11.1. The zero-order valence-electron chi connectivity index (χ0n) is 17.4. The number of carbonyl (C=O) groups excluding carboxylic acids is 2. The number of anilines is 1. The molecule has 1 N–H and O–H groups in total. The van der Waals surface area contributed by atoms with Gasteiger partial charge in [0.15, 0.2) is 0 Å². The van der Waals surface area contributed by atoms with Crippen LogP contribution < -0.4 is 14.4 Å². The number of hydrogen-bond donors (Lipinski definition) is 1. The minimum absolute atomic E-state index is 0.0999. The van der Waals surface area contributed by atoms with Gasteiger partial charge in [-0.15, -0.1) is 0 Å². The number of nitrogens with zero attached hydrogens (tertiary/aromatic N) is 1. The van der Waals surface area contributed by atoms with Crippen LogP contribution in [0.25, 0.3) is 5.76 Å². The highest BCUT2D eigenvalue weighted by Gasteiger charge is 2.48. The molecule has 0 bridgehead atoms. The van der Waals surface area contributed by atoms with Crippen molar-refractivity contribution in [3.8, 4) is 11.5 Å². The van der Waals surface area contributed by atoms with E-state index in [0.717, 1.165) is 0 Å². The third-order valence-corrected chi connectivity index (χ3v) is 5.33. The van der Waals surface area contributed by atoms with Gasteiger partial charge >= 0.3 is 0 Å². The summed E-state index contributed by atoms with van der Waals surface area (Å²) in [5.41, 5.74) is 1.02. The Morgan fingerprint density at radius 2 is 1.62 bits per heavy atom. The lowest BCUT2D eigenvalue weighted by Crippen LogP contribution is -2.29. The molecule has 162 valence electrons. The fourth-order valence-electron chi connectivity index (χ4n) is 3.80. The second kappa shape index (κ2) is 8.55. The van der Waals surface area contributed by atoms with Gasteiger partial charge in [-0.25, -0.2) is 4.39 Å². The number of hydrogen-bond acceptors (Lipinski definition) is 5. The van der Waals surface area contributed by atoms with E-state index in [2.05, 4.69) is 0 Å². The monoisotopic (exact) mass is 433 g/mol. The molecule has 0 spiro atoms. The summed E-state index contributed by atoms with van der Waals surface area (Å²) in [6.45, 7) is 0. The Kier molecular flexibility index (Phi) is 5.64. The molecule has 7 heteroatoms. The van der Waals surface area contributed by atoms with Crippen LogP contribution in [0, 0.1) is 5.82 Å². The Hall–Kier alpha value is -4.13. The lowest BCUT2D eigenvalue weighted by atomic mass is 9.94. The smallest absolute Gasteiger partial charge is 0.300 e. The van der Waals surface area contributed by atoms with Gasteiger partial charge in [0.1, 0.15) is 23.1 Å². The van der Waals surface area contributed by atoms with Crippen LogP contribution in [-0.4, -0.2) is 31.0 Å². The van der Waals surface area contributed by atoms with Crippen molar-refractivity contribution in [2.24, 2.45) is 0 Å². The second-order valence-electron chi connectivity index (χ2n) is 7.12. The Morgan fingerprint density at radius 3 is 2.25 bits per heavy atom. The van der Waals surface area contributed by atoms with Crippen molar-refractivity contribution in [1.82, 2.24) is 0 Å². The van der Waals surface area contributed by atoms with E-state index in [1.807, 2.05) is 0 Å². The molecule has 1 atom stereocenters. The molecular formula is C25H20FNO5. The first-order valence-corrected chi connectivity index (χ1v) is 9.80. The van der Waals surface area contributed by atoms with E-state index >= 15 is 0 Å². The van der Waals surface area contributed by atoms with E-state index in [9.17, 15) is 19.1 Å². The van der Waals surface area contributed by atoms with Gasteiger partial charge in [0, 0.05) is 16.8 Å². The number of amides is 1. The summed E-state index contributed by atoms with van der Waals surface area (Å²) >= 11 is 0. The van der Waals surface area contributed by atoms with E-state index in [1.165, 1.54) is 43.4 Å². The van der Waals surface area contributed by atoms with Gasteiger partial charge in [0.2, 0.25) is 0 Å². The summed E-state index contributed by atoms with van der Waals surface area (Å²) in [4.78, 5) is 27.5. The van der Waals surface area contributed by atoms with Gasteiger partial charge in [-0.3, -0.25) is 14.5 Å². The minimum atomic E-state index is -1.02. The summed E-state index contributed by atoms with van der Waals surface area (Å²) in [6, 6.07) is 17.7. The molecule has 1 aliphatic heterocycles. The maximum atomic E-state index is 13.6. The fourth-order valence-corrected chi connectivity index (χ4v) is 3.80. The molecule has 3 aromatic rings. The predicted molar refractivity (Wildman–Crippen MR) is 117 cm³/mol. The van der Waals surface area contributed by atoms with Crippen molar-refractivity contribution in [3.63, 3.8) is 0 Å². The molecule has 1 heterocycles. The lowest BCUT2D eigenvalue weighted by Gasteiger charge is -2.27. The minimum Gasteiger partial charge on any atom is -0.507 e. The van der Waals surface area contributed by atoms with Gasteiger partial charge in [0.05, 0.1) is 25.8 Å². The molecule has 1 aliphatic rings. The third kappa shape index (κ3) is 3.58. The summed E-state index contributed by atoms with van der Waals surface area (Å²) in [5.74, 6) is -1.63. The Labute approximate surface area is 184 Å². The molecular weight excluding hydrogens is 413 g/mol. The Balaban J connectivity index is 2.01. The van der Waals surface area contributed by atoms with Crippen LogP contribution in [0.15, 0.2) is 78.4 Å². The Morgan fingerprint density at radius 1 is 0.938 bits per heavy atom. The average molecular weight is 433 g/mol. The van der Waals surface area contributed by atoms with Gasteiger partial charge in [0.25, 0.3) is 11.7 Å². The molecule has 0 unspecified atom stereocenters. The highest BCUT2D eigenvalue weighted by atomic mass is 19.1. The van der Waals surface area contributed by atoms with Crippen molar-refractivity contribution >= 4 is 23.1 Å². The van der Waals surface area contributed by atoms with E-state index in [-0.39, 0.29) is 11.3 Å². The van der Waals surface area contributed by atoms with Crippen LogP contribution >= 0.6 is 0 Å². The molecule has 0 radical (unpaired) electrons. The van der Waals surface area contributed by atoms with Gasteiger partial charge in [-0.2, -0.15) is 0 Å². The fraction of sp³-hybridized carbons (Fsp3) is 0.120. The van der Waals surface area contributed by atoms with Crippen LogP contribution in [0.3, 0.4) is 0 Å². The number of aliphatic hydroxyl groups excluding tert-OH is 1. The summed E-state index contributed by atoms with van der Waals surface area (Å²) < 4.78 is 24.4. The van der Waals surface area contributed by atoms with E-state index in [1.54, 1.807) is 48.5 Å². The molecule has 6 nitrogen and oxygen atoms in total. The third-order valence-electron chi connectivity index (χ3n) is 5.33. The number of ether oxygens (including phenoxy) is 2. The Bertz CT molecular complexity index is 1200. The number of benzene rings is 3. The standard InChI is InChI=1S/C25H20FNO5/c1-31-18-12-13-20(32-2)19(14-18)22-21(23(28)15-6-4-3-5-7-15)24(29)25(30)27(22)17-10-8-16(26)9-11-17/h3-14,22,28H,1-2H3/b23-21+/t22-/m0/s1. The SMILES string of the molecule is COc1ccc(OC)c([C@H]2/C(=C(\O)c3ccccc3)C(=O)C(=O)N2c2ccc(F)cc2)c1. The zero-order chi connectivity index (χ0) is 22.8. The maximum Gasteiger partial charge on any atom is 0.300 e. The quantitative estimate of drug-likeness (QED) is 0.365. The van der Waals surface area contributed by atoms with Crippen LogP contribution in [-0.2, 0) is 9.59 Å². The second-order valence-corrected chi connectivity index (χ2v) is 7.12. The first-order valence-electron chi connectivity index (χ1n) is 9.80. The highest BCUT2D eigenvalue weighted by Crippen LogP contribution is 2.45. The predicted octanol–water partition coefficient (Wildman–Crippen LogP) is 4.47. The van der Waals surface area contributed by atoms with Gasteiger partial charge in [-0.1, -0.05) is 30.3 Å². The van der Waals surface area contributed by atoms with Crippen LogP contribution in [0.2, 0.25) is 0 Å². The van der Waals surface area contributed by atoms with Crippen molar-refractivity contribution < 1.29 is 28.6 Å². The molecule has 1 saturated heterocycles. The topological polar surface area (TPSA) is 76.1 Å². The first kappa shape index (κ1) is 21.1. The number of halogens is 1. The summed E-state index contributed by atoms with van der Waals surface area (Å²) in [7, 11) is 2.96. The lowest BCUT2D eigenvalue weighted by molar-refractivity contribution is -0.132. The van der Waals surface area contributed by atoms with Crippen molar-refractivity contribution in [2.75, 3.05) is 19.1 Å². The van der Waals surface area contributed by atoms with Crippen LogP contribution in [0.5, 0.6) is 11.5 Å². The molecule has 1 fully saturated rings. The number of aliphatic hydroxyl groups is 1. The van der Waals surface area contributed by atoms with Crippen LogP contribution in [0.1, 0.15) is 17.2 Å². The van der Waals surface area contributed by atoms with Gasteiger partial charge in [-0.05, 0) is 42.5 Å².